The number of amides is 1. The van der Waals surface area contributed by atoms with E-state index < -0.39 is 23.6 Å². The van der Waals surface area contributed by atoms with E-state index in [4.69, 9.17) is 9.84 Å². The molecule has 138 valence electrons. The van der Waals surface area contributed by atoms with Gasteiger partial charge in [-0.2, -0.15) is 0 Å². The Bertz CT molecular complexity index is 749. The predicted molar refractivity (Wildman–Crippen MR) is 90.7 cm³/mol. The van der Waals surface area contributed by atoms with E-state index in [9.17, 15) is 18.4 Å². The number of carbonyl (C=O) groups is 2. The fourth-order valence-corrected chi connectivity index (χ4v) is 2.37. The molecule has 0 saturated carbocycles. The first kappa shape index (κ1) is 19.4. The molecule has 1 atom stereocenters. The fourth-order valence-electron chi connectivity index (χ4n) is 2.37. The van der Waals surface area contributed by atoms with Gasteiger partial charge in [0.25, 0.3) is 0 Å². The molecule has 7 heteroatoms. The standard InChI is InChI=1S/C19H19F2NO4/c20-14-9-7-13(8-10-14)16(12-19(24)25)22-18(23)6-3-11-26-17-5-2-1-4-15(17)21/h1-2,4-5,7-10,16H,3,6,11-12H2,(H,22,23)(H,24,25). The van der Waals surface area contributed by atoms with E-state index in [0.29, 0.717) is 12.0 Å². The minimum Gasteiger partial charge on any atom is -0.491 e. The van der Waals surface area contributed by atoms with E-state index in [1.807, 2.05) is 0 Å². The first-order valence-corrected chi connectivity index (χ1v) is 8.09. The zero-order valence-electron chi connectivity index (χ0n) is 14.0. The Morgan fingerprint density at radius 2 is 1.77 bits per heavy atom. The van der Waals surface area contributed by atoms with Gasteiger partial charge in [0.2, 0.25) is 5.91 Å². The number of carboxylic acid groups (broad SMARTS) is 1. The number of rotatable bonds is 9. The predicted octanol–water partition coefficient (Wildman–Crippen LogP) is 3.46. The van der Waals surface area contributed by atoms with Gasteiger partial charge in [0.15, 0.2) is 11.6 Å². The molecule has 2 aromatic rings. The van der Waals surface area contributed by atoms with E-state index in [1.165, 1.54) is 36.4 Å². The van der Waals surface area contributed by atoms with Crippen molar-refractivity contribution in [2.75, 3.05) is 6.61 Å². The van der Waals surface area contributed by atoms with Crippen LogP contribution in [0.3, 0.4) is 0 Å². The number of halogens is 2. The number of para-hydroxylation sites is 1. The topological polar surface area (TPSA) is 75.6 Å². The second-order valence-corrected chi connectivity index (χ2v) is 5.65. The van der Waals surface area contributed by atoms with Crippen LogP contribution in [0.1, 0.15) is 30.9 Å². The Balaban J connectivity index is 1.84. The van der Waals surface area contributed by atoms with Crippen molar-refractivity contribution in [1.29, 1.82) is 0 Å². The lowest BCUT2D eigenvalue weighted by atomic mass is 10.0. The van der Waals surface area contributed by atoms with Crippen LogP contribution >= 0.6 is 0 Å². The Kier molecular flexibility index (Phi) is 7.08. The van der Waals surface area contributed by atoms with Gasteiger partial charge in [0.05, 0.1) is 19.1 Å². The molecule has 0 aliphatic carbocycles. The molecule has 2 rings (SSSR count). The van der Waals surface area contributed by atoms with Crippen molar-refractivity contribution in [1.82, 2.24) is 5.32 Å². The molecular formula is C19H19F2NO4. The highest BCUT2D eigenvalue weighted by Gasteiger charge is 2.18. The van der Waals surface area contributed by atoms with Gasteiger partial charge in [-0.15, -0.1) is 0 Å². The Morgan fingerprint density at radius 3 is 2.42 bits per heavy atom. The zero-order chi connectivity index (χ0) is 18.9. The summed E-state index contributed by atoms with van der Waals surface area (Å²) >= 11 is 0. The van der Waals surface area contributed by atoms with Crippen LogP contribution in [0.2, 0.25) is 0 Å². The summed E-state index contributed by atoms with van der Waals surface area (Å²) in [7, 11) is 0. The molecular weight excluding hydrogens is 344 g/mol. The maximum Gasteiger partial charge on any atom is 0.305 e. The molecule has 26 heavy (non-hydrogen) atoms. The molecule has 2 N–H and O–H groups in total. The van der Waals surface area contributed by atoms with Crippen molar-refractivity contribution in [3.8, 4) is 5.75 Å². The number of ether oxygens (including phenoxy) is 1. The molecule has 0 aliphatic rings. The summed E-state index contributed by atoms with van der Waals surface area (Å²) in [6.45, 7) is 0.147. The third-order valence-corrected chi connectivity index (χ3v) is 3.63. The smallest absolute Gasteiger partial charge is 0.305 e. The van der Waals surface area contributed by atoms with Crippen molar-refractivity contribution >= 4 is 11.9 Å². The summed E-state index contributed by atoms with van der Waals surface area (Å²) in [5, 5.41) is 11.6. The number of benzene rings is 2. The Morgan fingerprint density at radius 1 is 1.08 bits per heavy atom. The van der Waals surface area contributed by atoms with Gasteiger partial charge in [-0.05, 0) is 36.2 Å². The highest BCUT2D eigenvalue weighted by atomic mass is 19.1. The first-order chi connectivity index (χ1) is 12.5. The van der Waals surface area contributed by atoms with Crippen LogP contribution in [0, 0.1) is 11.6 Å². The van der Waals surface area contributed by atoms with E-state index in [0.717, 1.165) is 0 Å². The molecule has 5 nitrogen and oxygen atoms in total. The molecule has 0 spiro atoms. The van der Waals surface area contributed by atoms with Crippen molar-refractivity contribution in [2.45, 2.75) is 25.3 Å². The van der Waals surface area contributed by atoms with Gasteiger partial charge in [0.1, 0.15) is 5.82 Å². The second kappa shape index (κ2) is 9.50. The first-order valence-electron chi connectivity index (χ1n) is 8.09. The van der Waals surface area contributed by atoms with Gasteiger partial charge in [-0.25, -0.2) is 8.78 Å². The average Bonchev–Trinajstić information content (AvgIpc) is 2.60. The molecule has 0 aliphatic heterocycles. The number of hydrogen-bond donors (Lipinski definition) is 2. The van der Waals surface area contributed by atoms with Crippen LogP contribution < -0.4 is 10.1 Å². The molecule has 2 aromatic carbocycles. The summed E-state index contributed by atoms with van der Waals surface area (Å²) in [4.78, 5) is 23.0. The van der Waals surface area contributed by atoms with Crippen LogP contribution in [0.25, 0.3) is 0 Å². The summed E-state index contributed by atoms with van der Waals surface area (Å²) in [6.07, 6.45) is 0.109. The van der Waals surface area contributed by atoms with Crippen molar-refractivity contribution in [3.63, 3.8) is 0 Å². The zero-order valence-corrected chi connectivity index (χ0v) is 14.0. The van der Waals surface area contributed by atoms with Crippen LogP contribution in [0.5, 0.6) is 5.75 Å². The van der Waals surface area contributed by atoms with Gasteiger partial charge >= 0.3 is 5.97 Å². The Hall–Kier alpha value is -2.96. The molecule has 0 aromatic heterocycles. The summed E-state index contributed by atoms with van der Waals surface area (Å²) in [5.74, 6) is -2.25. The van der Waals surface area contributed by atoms with E-state index in [1.54, 1.807) is 12.1 Å². The van der Waals surface area contributed by atoms with Crippen LogP contribution in [0.4, 0.5) is 8.78 Å². The van der Waals surface area contributed by atoms with Gasteiger partial charge in [-0.3, -0.25) is 9.59 Å². The van der Waals surface area contributed by atoms with Crippen molar-refractivity contribution < 1.29 is 28.2 Å². The largest absolute Gasteiger partial charge is 0.491 e. The van der Waals surface area contributed by atoms with Gasteiger partial charge in [0, 0.05) is 6.42 Å². The normalized spacial score (nSPS) is 11.6. The SMILES string of the molecule is O=C(O)CC(NC(=O)CCCOc1ccccc1F)c1ccc(F)cc1. The van der Waals surface area contributed by atoms with E-state index in [2.05, 4.69) is 5.32 Å². The molecule has 1 amide bonds. The lowest BCUT2D eigenvalue weighted by molar-refractivity contribution is -0.137. The maximum absolute atomic E-state index is 13.4. The highest BCUT2D eigenvalue weighted by Crippen LogP contribution is 2.18. The molecule has 0 radical (unpaired) electrons. The number of carboxylic acids is 1. The van der Waals surface area contributed by atoms with Crippen LogP contribution in [-0.2, 0) is 9.59 Å². The molecule has 0 heterocycles. The third-order valence-electron chi connectivity index (χ3n) is 3.63. The highest BCUT2D eigenvalue weighted by molar-refractivity contribution is 5.77. The van der Waals surface area contributed by atoms with Crippen molar-refractivity contribution in [2.24, 2.45) is 0 Å². The minimum atomic E-state index is -1.08. The molecule has 0 fully saturated rings. The molecule has 0 bridgehead atoms. The number of carbonyl (C=O) groups excluding carboxylic acids is 1. The minimum absolute atomic E-state index is 0.0891. The molecule has 1 unspecified atom stereocenters. The van der Waals surface area contributed by atoms with E-state index >= 15 is 0 Å². The number of hydrogen-bond acceptors (Lipinski definition) is 3. The van der Waals surface area contributed by atoms with E-state index in [-0.39, 0.29) is 31.1 Å². The second-order valence-electron chi connectivity index (χ2n) is 5.65. The van der Waals surface area contributed by atoms with Crippen molar-refractivity contribution in [3.05, 3.63) is 65.7 Å². The lowest BCUT2D eigenvalue weighted by Crippen LogP contribution is -2.30. The Labute approximate surface area is 149 Å². The summed E-state index contributed by atoms with van der Waals surface area (Å²) in [5.41, 5.74) is 0.504. The van der Waals surface area contributed by atoms with Gasteiger partial charge < -0.3 is 15.2 Å². The quantitative estimate of drug-likeness (QED) is 0.669. The number of aliphatic carboxylic acids is 1. The molecule has 0 saturated heterocycles. The third kappa shape index (κ3) is 6.16. The summed E-state index contributed by atoms with van der Waals surface area (Å²) < 4.78 is 31.7. The number of nitrogens with one attached hydrogen (secondary N) is 1. The van der Waals surface area contributed by atoms with Crippen LogP contribution in [-0.4, -0.2) is 23.6 Å². The average molecular weight is 363 g/mol. The fraction of sp³-hybridized carbons (Fsp3) is 0.263. The summed E-state index contributed by atoms with van der Waals surface area (Å²) in [6, 6.07) is 10.5. The maximum atomic E-state index is 13.4. The monoisotopic (exact) mass is 363 g/mol. The van der Waals surface area contributed by atoms with Gasteiger partial charge in [-0.1, -0.05) is 24.3 Å². The van der Waals surface area contributed by atoms with Crippen LogP contribution in [0.15, 0.2) is 48.5 Å². The lowest BCUT2D eigenvalue weighted by Gasteiger charge is -2.17.